The first kappa shape index (κ1) is 16.5. The molecule has 0 saturated carbocycles. The van der Waals surface area contributed by atoms with Gasteiger partial charge in [0.15, 0.2) is 0 Å². The van der Waals surface area contributed by atoms with Crippen molar-refractivity contribution in [1.82, 2.24) is 10.2 Å². The van der Waals surface area contributed by atoms with E-state index < -0.39 is 0 Å². The van der Waals surface area contributed by atoms with Gasteiger partial charge in [-0.15, -0.1) is 0 Å². The second-order valence-electron chi connectivity index (χ2n) is 6.71. The molecule has 1 N–H and O–H groups in total. The van der Waals surface area contributed by atoms with Crippen LogP contribution >= 0.6 is 0 Å². The fourth-order valence-corrected chi connectivity index (χ4v) is 3.64. The Bertz CT molecular complexity index is 382. The second kappa shape index (κ2) is 8.55. The largest absolute Gasteiger partial charge is 0.314 e. The third-order valence-electron chi connectivity index (χ3n) is 4.89. The molecule has 2 rings (SSSR count). The summed E-state index contributed by atoms with van der Waals surface area (Å²) >= 11 is 0. The minimum atomic E-state index is 0.632. The number of rotatable bonds is 7. The molecule has 1 aliphatic rings. The van der Waals surface area contributed by atoms with Crippen LogP contribution in [0.25, 0.3) is 0 Å². The van der Waals surface area contributed by atoms with E-state index in [0.29, 0.717) is 12.1 Å². The first-order chi connectivity index (χ1) is 10.2. The highest BCUT2D eigenvalue weighted by Crippen LogP contribution is 2.23. The van der Waals surface area contributed by atoms with Crippen molar-refractivity contribution in [3.63, 3.8) is 0 Å². The molecule has 0 aliphatic carbocycles. The van der Waals surface area contributed by atoms with Crippen LogP contribution in [-0.4, -0.2) is 36.6 Å². The lowest BCUT2D eigenvalue weighted by atomic mass is 9.89. The van der Waals surface area contributed by atoms with E-state index >= 15 is 0 Å². The SMILES string of the molecule is CCNC(C)CC(C)N1CCC(Cc2ccccc2)CC1. The molecule has 1 aliphatic heterocycles. The third-order valence-corrected chi connectivity index (χ3v) is 4.89. The number of nitrogens with zero attached hydrogens (tertiary/aromatic N) is 1. The monoisotopic (exact) mass is 288 g/mol. The molecule has 0 spiro atoms. The van der Waals surface area contributed by atoms with Gasteiger partial charge in [0, 0.05) is 12.1 Å². The molecule has 0 bridgehead atoms. The summed E-state index contributed by atoms with van der Waals surface area (Å²) in [5.74, 6) is 0.877. The molecule has 2 heteroatoms. The van der Waals surface area contributed by atoms with Gasteiger partial charge in [-0.25, -0.2) is 0 Å². The Balaban J connectivity index is 1.72. The molecule has 0 aromatic heterocycles. The van der Waals surface area contributed by atoms with Gasteiger partial charge in [-0.2, -0.15) is 0 Å². The molecule has 1 aromatic carbocycles. The topological polar surface area (TPSA) is 15.3 Å². The highest BCUT2D eigenvalue weighted by Gasteiger charge is 2.23. The summed E-state index contributed by atoms with van der Waals surface area (Å²) in [6, 6.07) is 12.3. The average Bonchev–Trinajstić information content (AvgIpc) is 2.49. The Morgan fingerprint density at radius 2 is 1.81 bits per heavy atom. The van der Waals surface area contributed by atoms with Crippen LogP contribution in [0.3, 0.4) is 0 Å². The lowest BCUT2D eigenvalue weighted by molar-refractivity contribution is 0.129. The summed E-state index contributed by atoms with van der Waals surface area (Å²) in [5.41, 5.74) is 1.50. The molecule has 2 atom stereocenters. The molecule has 2 unspecified atom stereocenters. The van der Waals surface area contributed by atoms with Crippen molar-refractivity contribution >= 4 is 0 Å². The normalized spacial score (nSPS) is 20.3. The van der Waals surface area contributed by atoms with Gasteiger partial charge in [0.25, 0.3) is 0 Å². The molecule has 21 heavy (non-hydrogen) atoms. The summed E-state index contributed by atoms with van der Waals surface area (Å²) < 4.78 is 0. The van der Waals surface area contributed by atoms with Crippen LogP contribution in [0.15, 0.2) is 30.3 Å². The Hall–Kier alpha value is -0.860. The van der Waals surface area contributed by atoms with Gasteiger partial charge in [-0.05, 0) is 70.6 Å². The van der Waals surface area contributed by atoms with Crippen molar-refractivity contribution in [1.29, 1.82) is 0 Å². The van der Waals surface area contributed by atoms with Gasteiger partial charge in [0.05, 0.1) is 0 Å². The minimum absolute atomic E-state index is 0.632. The highest BCUT2D eigenvalue weighted by atomic mass is 15.2. The minimum Gasteiger partial charge on any atom is -0.314 e. The van der Waals surface area contributed by atoms with E-state index in [0.717, 1.165) is 12.5 Å². The van der Waals surface area contributed by atoms with Crippen LogP contribution in [0.1, 0.15) is 45.6 Å². The van der Waals surface area contributed by atoms with E-state index in [9.17, 15) is 0 Å². The lowest BCUT2D eigenvalue weighted by Gasteiger charge is -2.37. The van der Waals surface area contributed by atoms with Gasteiger partial charge in [0.2, 0.25) is 0 Å². The Morgan fingerprint density at radius 3 is 2.43 bits per heavy atom. The molecule has 1 fully saturated rings. The van der Waals surface area contributed by atoms with Gasteiger partial charge >= 0.3 is 0 Å². The summed E-state index contributed by atoms with van der Waals surface area (Å²) in [6.45, 7) is 10.5. The van der Waals surface area contributed by atoms with E-state index in [-0.39, 0.29) is 0 Å². The second-order valence-corrected chi connectivity index (χ2v) is 6.71. The number of piperidine rings is 1. The zero-order valence-electron chi connectivity index (χ0n) is 14.0. The summed E-state index contributed by atoms with van der Waals surface area (Å²) in [5, 5.41) is 3.53. The first-order valence-corrected chi connectivity index (χ1v) is 8.70. The van der Waals surface area contributed by atoms with Gasteiger partial charge in [-0.1, -0.05) is 37.3 Å². The summed E-state index contributed by atoms with van der Waals surface area (Å²) in [4.78, 5) is 2.69. The molecule has 2 nitrogen and oxygen atoms in total. The van der Waals surface area contributed by atoms with Crippen molar-refractivity contribution in [2.24, 2.45) is 5.92 Å². The van der Waals surface area contributed by atoms with Crippen molar-refractivity contribution in [2.45, 2.75) is 58.5 Å². The fraction of sp³-hybridized carbons (Fsp3) is 0.684. The van der Waals surface area contributed by atoms with Crippen molar-refractivity contribution < 1.29 is 0 Å². The molecule has 118 valence electrons. The quantitative estimate of drug-likeness (QED) is 0.822. The van der Waals surface area contributed by atoms with Crippen LogP contribution in [0.4, 0.5) is 0 Å². The Labute approximate surface area is 130 Å². The van der Waals surface area contributed by atoms with Crippen LogP contribution in [0.2, 0.25) is 0 Å². The maximum absolute atomic E-state index is 3.53. The lowest BCUT2D eigenvalue weighted by Crippen LogP contribution is -2.43. The van der Waals surface area contributed by atoms with Crippen molar-refractivity contribution in [3.05, 3.63) is 35.9 Å². The summed E-state index contributed by atoms with van der Waals surface area (Å²) in [6.07, 6.45) is 5.23. The number of hydrogen-bond acceptors (Lipinski definition) is 2. The van der Waals surface area contributed by atoms with E-state index in [4.69, 9.17) is 0 Å². The first-order valence-electron chi connectivity index (χ1n) is 8.70. The summed E-state index contributed by atoms with van der Waals surface area (Å²) in [7, 11) is 0. The zero-order valence-corrected chi connectivity index (χ0v) is 14.0. The molecule has 1 heterocycles. The predicted molar refractivity (Wildman–Crippen MR) is 91.7 cm³/mol. The van der Waals surface area contributed by atoms with Crippen molar-refractivity contribution in [3.8, 4) is 0 Å². The van der Waals surface area contributed by atoms with Crippen LogP contribution in [0.5, 0.6) is 0 Å². The highest BCUT2D eigenvalue weighted by molar-refractivity contribution is 5.15. The average molecular weight is 288 g/mol. The maximum atomic E-state index is 3.53. The molecular formula is C19H32N2. The molecule has 1 aromatic rings. The van der Waals surface area contributed by atoms with E-state index in [1.165, 1.54) is 44.3 Å². The number of hydrogen-bond donors (Lipinski definition) is 1. The predicted octanol–water partition coefficient (Wildman–Crippen LogP) is 3.72. The Kier molecular flexibility index (Phi) is 6.72. The van der Waals surface area contributed by atoms with Gasteiger partial charge < -0.3 is 10.2 Å². The third kappa shape index (κ3) is 5.44. The maximum Gasteiger partial charge on any atom is 0.00816 e. The van der Waals surface area contributed by atoms with Crippen LogP contribution < -0.4 is 5.32 Å². The fourth-order valence-electron chi connectivity index (χ4n) is 3.64. The molecule has 0 radical (unpaired) electrons. The number of nitrogens with one attached hydrogen (secondary N) is 1. The van der Waals surface area contributed by atoms with E-state index in [1.54, 1.807) is 0 Å². The molecule has 1 saturated heterocycles. The van der Waals surface area contributed by atoms with E-state index in [2.05, 4.69) is 61.3 Å². The smallest absolute Gasteiger partial charge is 0.00816 e. The van der Waals surface area contributed by atoms with Gasteiger partial charge in [0.1, 0.15) is 0 Å². The van der Waals surface area contributed by atoms with E-state index in [1.807, 2.05) is 0 Å². The standard InChI is InChI=1S/C19H32N2/c1-4-20-16(2)14-17(3)21-12-10-19(11-13-21)15-18-8-6-5-7-9-18/h5-9,16-17,19-20H,4,10-15H2,1-3H3. The van der Waals surface area contributed by atoms with Gasteiger partial charge in [-0.3, -0.25) is 0 Å². The van der Waals surface area contributed by atoms with Crippen LogP contribution in [-0.2, 0) is 6.42 Å². The number of benzene rings is 1. The molecular weight excluding hydrogens is 256 g/mol. The molecule has 0 amide bonds. The Morgan fingerprint density at radius 1 is 1.14 bits per heavy atom. The van der Waals surface area contributed by atoms with Crippen LogP contribution in [0, 0.1) is 5.92 Å². The zero-order chi connectivity index (χ0) is 15.1. The number of likely N-dealkylation sites (tertiary alicyclic amines) is 1. The van der Waals surface area contributed by atoms with Crippen molar-refractivity contribution in [2.75, 3.05) is 19.6 Å².